The minimum absolute atomic E-state index is 0.391. The molecule has 0 spiro atoms. The van der Waals surface area contributed by atoms with Crippen LogP contribution in [0, 0.1) is 6.42 Å². The van der Waals surface area contributed by atoms with Crippen LogP contribution in [0.3, 0.4) is 0 Å². The van der Waals surface area contributed by atoms with Gasteiger partial charge in [0, 0.05) is 6.42 Å². The Bertz CT molecular complexity index is 201. The predicted octanol–water partition coefficient (Wildman–Crippen LogP) is 1.64. The van der Waals surface area contributed by atoms with Gasteiger partial charge in [0.05, 0.1) is 12.7 Å². The van der Waals surface area contributed by atoms with Crippen LogP contribution < -0.4 is 0 Å². The minimum atomic E-state index is 0.391. The van der Waals surface area contributed by atoms with E-state index in [1.807, 2.05) is 18.2 Å². The number of benzene rings is 1. The zero-order valence-electron chi connectivity index (χ0n) is 5.66. The predicted molar refractivity (Wildman–Crippen MR) is 39.6 cm³/mol. The Morgan fingerprint density at radius 3 is 2.60 bits per heavy atom. The van der Waals surface area contributed by atoms with Gasteiger partial charge >= 0.3 is 0 Å². The van der Waals surface area contributed by atoms with Crippen LogP contribution in [0.2, 0.25) is 0 Å². The highest BCUT2D eigenvalue weighted by Gasteiger charge is 2.22. The maximum atomic E-state index is 5.06. The molecule has 1 unspecified atom stereocenters. The Labute approximate surface area is 60.6 Å². The fraction of sp³-hybridized carbons (Fsp3) is 0.222. The van der Waals surface area contributed by atoms with Crippen LogP contribution in [-0.4, -0.2) is 12.7 Å². The molecule has 0 saturated carbocycles. The zero-order valence-corrected chi connectivity index (χ0v) is 5.66. The van der Waals surface area contributed by atoms with Crippen molar-refractivity contribution >= 4 is 0 Å². The van der Waals surface area contributed by atoms with Gasteiger partial charge in [-0.2, -0.15) is 0 Å². The summed E-state index contributed by atoms with van der Waals surface area (Å²) in [6.45, 7) is 0.898. The number of hydrogen-bond donors (Lipinski definition) is 0. The molecule has 1 atom stereocenters. The normalized spacial score (nSPS) is 22.6. The lowest BCUT2D eigenvalue weighted by molar-refractivity contribution is 0.432. The zero-order chi connectivity index (χ0) is 6.81. The highest BCUT2D eigenvalue weighted by molar-refractivity contribution is 5.25. The summed E-state index contributed by atoms with van der Waals surface area (Å²) >= 11 is 0. The first-order valence-corrected chi connectivity index (χ1v) is 3.47. The third kappa shape index (κ3) is 1.36. The lowest BCUT2D eigenvalue weighted by atomic mass is 10.1. The molecule has 1 aromatic rings. The van der Waals surface area contributed by atoms with E-state index in [4.69, 9.17) is 4.74 Å². The van der Waals surface area contributed by atoms with Crippen molar-refractivity contribution in [2.24, 2.45) is 0 Å². The molecule has 1 aliphatic rings. The lowest BCUT2D eigenvalue weighted by Gasteiger charge is -1.93. The third-order valence-corrected chi connectivity index (χ3v) is 1.54. The summed E-state index contributed by atoms with van der Waals surface area (Å²) in [5.74, 6) is 0. The summed E-state index contributed by atoms with van der Waals surface area (Å²) in [6.07, 6.45) is 2.53. The van der Waals surface area contributed by atoms with Crippen LogP contribution in [0.1, 0.15) is 5.56 Å². The molecule has 1 radical (unpaired) electrons. The quantitative estimate of drug-likeness (QED) is 0.559. The van der Waals surface area contributed by atoms with Crippen LogP contribution in [0.4, 0.5) is 0 Å². The van der Waals surface area contributed by atoms with Gasteiger partial charge < -0.3 is 4.74 Å². The van der Waals surface area contributed by atoms with E-state index in [2.05, 4.69) is 18.6 Å². The number of rotatable bonds is 2. The van der Waals surface area contributed by atoms with Crippen LogP contribution in [0.15, 0.2) is 30.3 Å². The molecule has 1 nitrogen and oxygen atoms in total. The molecule has 1 fully saturated rings. The highest BCUT2D eigenvalue weighted by atomic mass is 16.6. The van der Waals surface area contributed by atoms with Gasteiger partial charge in [-0.15, -0.1) is 0 Å². The molecule has 1 aliphatic heterocycles. The Hall–Kier alpha value is -0.820. The minimum Gasteiger partial charge on any atom is -0.372 e. The molecule has 1 saturated heterocycles. The van der Waals surface area contributed by atoms with Crippen molar-refractivity contribution in [1.29, 1.82) is 0 Å². The van der Waals surface area contributed by atoms with E-state index >= 15 is 0 Å². The summed E-state index contributed by atoms with van der Waals surface area (Å²) in [5, 5.41) is 0. The van der Waals surface area contributed by atoms with Crippen LogP contribution in [-0.2, 0) is 4.74 Å². The molecule has 51 valence electrons. The second-order valence-corrected chi connectivity index (χ2v) is 2.45. The van der Waals surface area contributed by atoms with E-state index in [0.717, 1.165) is 6.61 Å². The first-order valence-electron chi connectivity index (χ1n) is 3.47. The van der Waals surface area contributed by atoms with Crippen molar-refractivity contribution in [2.75, 3.05) is 6.61 Å². The average Bonchev–Trinajstić information content (AvgIpc) is 2.74. The first kappa shape index (κ1) is 5.93. The molecule has 0 N–H and O–H groups in total. The summed E-state index contributed by atoms with van der Waals surface area (Å²) in [4.78, 5) is 0. The van der Waals surface area contributed by atoms with Crippen molar-refractivity contribution in [3.05, 3.63) is 42.3 Å². The average molecular weight is 133 g/mol. The molecule has 1 aromatic carbocycles. The van der Waals surface area contributed by atoms with E-state index in [-0.39, 0.29) is 0 Å². The van der Waals surface area contributed by atoms with Crippen LogP contribution >= 0.6 is 0 Å². The van der Waals surface area contributed by atoms with Gasteiger partial charge in [-0.05, 0) is 5.56 Å². The lowest BCUT2D eigenvalue weighted by Crippen LogP contribution is -1.87. The molecule has 2 rings (SSSR count). The summed E-state index contributed by atoms with van der Waals surface area (Å²) in [6, 6.07) is 10.3. The molecule has 1 heteroatoms. The van der Waals surface area contributed by atoms with Gasteiger partial charge in [-0.25, -0.2) is 0 Å². The Kier molecular flexibility index (Phi) is 1.44. The molecule has 0 aromatic heterocycles. The van der Waals surface area contributed by atoms with Crippen molar-refractivity contribution in [3.63, 3.8) is 0 Å². The van der Waals surface area contributed by atoms with E-state index in [0.29, 0.717) is 6.10 Å². The van der Waals surface area contributed by atoms with Crippen molar-refractivity contribution in [3.8, 4) is 0 Å². The Morgan fingerprint density at radius 2 is 2.00 bits per heavy atom. The molecule has 0 amide bonds. The van der Waals surface area contributed by atoms with E-state index in [9.17, 15) is 0 Å². The van der Waals surface area contributed by atoms with Gasteiger partial charge in [0.1, 0.15) is 0 Å². The molecule has 1 heterocycles. The number of epoxide rings is 1. The second kappa shape index (κ2) is 2.43. The van der Waals surface area contributed by atoms with Crippen LogP contribution in [0.5, 0.6) is 0 Å². The van der Waals surface area contributed by atoms with E-state index < -0.39 is 0 Å². The maximum absolute atomic E-state index is 5.06. The van der Waals surface area contributed by atoms with Crippen LogP contribution in [0.25, 0.3) is 0 Å². The summed E-state index contributed by atoms with van der Waals surface area (Å²) in [5.41, 5.74) is 1.25. The number of hydrogen-bond acceptors (Lipinski definition) is 1. The molecular formula is C9H9O. The standard InChI is InChI=1S/C9H9O/c1-2-4-8(5-3-1)6-9-7-10-9/h1-6,9H,7H2. The highest BCUT2D eigenvalue weighted by Crippen LogP contribution is 2.17. The Morgan fingerprint density at radius 1 is 1.30 bits per heavy atom. The molecule has 0 bridgehead atoms. The van der Waals surface area contributed by atoms with Gasteiger partial charge in [0.25, 0.3) is 0 Å². The van der Waals surface area contributed by atoms with Crippen molar-refractivity contribution < 1.29 is 4.74 Å². The molecular weight excluding hydrogens is 124 g/mol. The largest absolute Gasteiger partial charge is 0.372 e. The first-order chi connectivity index (χ1) is 4.95. The second-order valence-electron chi connectivity index (χ2n) is 2.45. The van der Waals surface area contributed by atoms with Crippen molar-refractivity contribution in [1.82, 2.24) is 0 Å². The summed E-state index contributed by atoms with van der Waals surface area (Å²) in [7, 11) is 0. The van der Waals surface area contributed by atoms with Gasteiger partial charge in [-0.3, -0.25) is 0 Å². The third-order valence-electron chi connectivity index (χ3n) is 1.54. The fourth-order valence-electron chi connectivity index (χ4n) is 0.931. The molecule has 10 heavy (non-hydrogen) atoms. The van der Waals surface area contributed by atoms with Gasteiger partial charge in [-0.1, -0.05) is 30.3 Å². The Balaban J connectivity index is 2.03. The molecule has 0 aliphatic carbocycles. The topological polar surface area (TPSA) is 12.5 Å². The SMILES string of the molecule is [CH](c1ccccc1)C1CO1. The fourth-order valence-corrected chi connectivity index (χ4v) is 0.931. The van der Waals surface area contributed by atoms with Gasteiger partial charge in [0.2, 0.25) is 0 Å². The smallest absolute Gasteiger partial charge is 0.0885 e. The monoisotopic (exact) mass is 133 g/mol. The maximum Gasteiger partial charge on any atom is 0.0885 e. The van der Waals surface area contributed by atoms with Crippen molar-refractivity contribution in [2.45, 2.75) is 6.10 Å². The summed E-state index contributed by atoms with van der Waals surface area (Å²) < 4.78 is 5.06. The van der Waals surface area contributed by atoms with E-state index in [1.165, 1.54) is 5.56 Å². The van der Waals surface area contributed by atoms with Gasteiger partial charge in [0.15, 0.2) is 0 Å². The number of ether oxygens (including phenoxy) is 1. The van der Waals surface area contributed by atoms with E-state index in [1.54, 1.807) is 0 Å².